The van der Waals surface area contributed by atoms with Crippen molar-refractivity contribution >= 4 is 29.0 Å². The molecule has 0 saturated heterocycles. The summed E-state index contributed by atoms with van der Waals surface area (Å²) >= 11 is 5.89. The molecule has 0 aliphatic rings. The zero-order chi connectivity index (χ0) is 15.4. The summed E-state index contributed by atoms with van der Waals surface area (Å²) in [5, 5.41) is 2.80. The van der Waals surface area contributed by atoms with Gasteiger partial charge in [0.15, 0.2) is 17.4 Å². The fourth-order valence-electron chi connectivity index (χ4n) is 1.61. The van der Waals surface area contributed by atoms with Gasteiger partial charge in [0.05, 0.1) is 17.7 Å². The van der Waals surface area contributed by atoms with E-state index in [-0.39, 0.29) is 22.2 Å². The number of aromatic nitrogens is 1. The topological polar surface area (TPSA) is 89.3 Å². The van der Waals surface area contributed by atoms with E-state index in [4.69, 9.17) is 22.2 Å². The number of carbonyl (C=O) groups excluding carboxylic acids is 1. The van der Waals surface area contributed by atoms with Gasteiger partial charge in [0.1, 0.15) is 0 Å². The average Bonchev–Trinajstić information content (AvgIpc) is 2.49. The van der Waals surface area contributed by atoms with Crippen LogP contribution in [0, 0.1) is 5.82 Å². The Bertz CT molecular complexity index is 681. The molecule has 1 heterocycles. The van der Waals surface area contributed by atoms with Gasteiger partial charge in [0.25, 0.3) is 5.91 Å². The molecule has 2 aromatic rings. The number of nitrogens with zero attached hydrogens (tertiary/aromatic N) is 1. The van der Waals surface area contributed by atoms with Gasteiger partial charge in [0.2, 0.25) is 0 Å². The molecule has 2 rings (SSSR count). The van der Waals surface area contributed by atoms with Gasteiger partial charge in [-0.25, -0.2) is 15.2 Å². The van der Waals surface area contributed by atoms with Crippen LogP contribution in [0.1, 0.15) is 10.4 Å². The first-order valence-corrected chi connectivity index (χ1v) is 6.20. The maximum Gasteiger partial charge on any atom is 0.257 e. The van der Waals surface area contributed by atoms with E-state index in [0.29, 0.717) is 5.69 Å². The zero-order valence-electron chi connectivity index (χ0n) is 11.0. The third-order valence-electron chi connectivity index (χ3n) is 2.65. The Morgan fingerprint density at radius 1 is 1.43 bits per heavy atom. The third-order valence-corrected chi connectivity index (χ3v) is 2.94. The molecule has 0 saturated carbocycles. The Balaban J connectivity index is 2.19. The van der Waals surface area contributed by atoms with Crippen LogP contribution in [0.3, 0.4) is 0 Å². The Kier molecular flexibility index (Phi) is 4.56. The number of hydrazine groups is 1. The number of hydrogen-bond acceptors (Lipinski definition) is 5. The van der Waals surface area contributed by atoms with E-state index in [1.165, 1.54) is 37.6 Å². The second-order valence-electron chi connectivity index (χ2n) is 4.00. The van der Waals surface area contributed by atoms with E-state index in [9.17, 15) is 9.18 Å². The highest BCUT2D eigenvalue weighted by molar-refractivity contribution is 6.33. The number of rotatable bonds is 4. The number of benzene rings is 1. The summed E-state index contributed by atoms with van der Waals surface area (Å²) in [5.41, 5.74) is 2.92. The van der Waals surface area contributed by atoms with Gasteiger partial charge in [-0.1, -0.05) is 11.6 Å². The summed E-state index contributed by atoms with van der Waals surface area (Å²) < 4.78 is 18.1. The van der Waals surface area contributed by atoms with Crippen molar-refractivity contribution in [2.75, 3.05) is 17.9 Å². The molecule has 1 aromatic heterocycles. The Morgan fingerprint density at radius 3 is 2.81 bits per heavy atom. The largest absolute Gasteiger partial charge is 0.494 e. The number of ether oxygens (including phenoxy) is 1. The van der Waals surface area contributed by atoms with Gasteiger partial charge in [-0.15, -0.1) is 0 Å². The highest BCUT2D eigenvalue weighted by Crippen LogP contribution is 2.23. The van der Waals surface area contributed by atoms with E-state index in [0.717, 1.165) is 0 Å². The SMILES string of the molecule is COc1cc(NC(=O)c2cnc(NN)c(Cl)c2)ccc1F. The van der Waals surface area contributed by atoms with Crippen LogP contribution in [0.15, 0.2) is 30.5 Å². The summed E-state index contributed by atoms with van der Waals surface area (Å²) in [6.07, 6.45) is 1.32. The molecule has 0 bridgehead atoms. The molecule has 0 aliphatic carbocycles. The normalized spacial score (nSPS) is 10.1. The first kappa shape index (κ1) is 15.0. The van der Waals surface area contributed by atoms with Crippen molar-refractivity contribution in [3.8, 4) is 5.75 Å². The Morgan fingerprint density at radius 2 is 2.19 bits per heavy atom. The minimum atomic E-state index is -0.515. The van der Waals surface area contributed by atoms with Gasteiger partial charge >= 0.3 is 0 Å². The monoisotopic (exact) mass is 310 g/mol. The number of nitrogens with one attached hydrogen (secondary N) is 2. The molecule has 0 aliphatic heterocycles. The lowest BCUT2D eigenvalue weighted by Crippen LogP contribution is -2.14. The number of pyridine rings is 1. The number of methoxy groups -OCH3 is 1. The quantitative estimate of drug-likeness (QED) is 0.596. The van der Waals surface area contributed by atoms with E-state index in [1.807, 2.05) is 0 Å². The highest BCUT2D eigenvalue weighted by Gasteiger charge is 2.11. The Labute approximate surface area is 125 Å². The number of hydrogen-bond donors (Lipinski definition) is 3. The third kappa shape index (κ3) is 3.39. The molecule has 0 spiro atoms. The van der Waals surface area contributed by atoms with Crippen LogP contribution in [0.25, 0.3) is 0 Å². The molecular formula is C13H12ClFN4O2. The van der Waals surface area contributed by atoms with Crippen LogP contribution in [-0.2, 0) is 0 Å². The predicted molar refractivity (Wildman–Crippen MR) is 78.0 cm³/mol. The fourth-order valence-corrected chi connectivity index (χ4v) is 1.83. The maximum atomic E-state index is 13.3. The molecule has 0 radical (unpaired) electrons. The molecule has 0 atom stereocenters. The number of amides is 1. The molecule has 1 aromatic carbocycles. The van der Waals surface area contributed by atoms with E-state index < -0.39 is 11.7 Å². The van der Waals surface area contributed by atoms with E-state index in [2.05, 4.69) is 15.7 Å². The number of anilines is 2. The van der Waals surface area contributed by atoms with Crippen molar-refractivity contribution in [2.45, 2.75) is 0 Å². The smallest absolute Gasteiger partial charge is 0.257 e. The van der Waals surface area contributed by atoms with Gasteiger partial charge in [-0.2, -0.15) is 0 Å². The lowest BCUT2D eigenvalue weighted by Gasteiger charge is -2.09. The van der Waals surface area contributed by atoms with Crippen molar-refractivity contribution in [3.05, 3.63) is 46.9 Å². The standard InChI is InChI=1S/C13H12ClFN4O2/c1-21-11-5-8(2-3-10(11)15)18-13(20)7-4-9(14)12(19-16)17-6-7/h2-6H,16H2,1H3,(H,17,19)(H,18,20). The van der Waals surface area contributed by atoms with E-state index in [1.54, 1.807) is 0 Å². The maximum absolute atomic E-state index is 13.3. The molecule has 6 nitrogen and oxygen atoms in total. The summed E-state index contributed by atoms with van der Waals surface area (Å²) in [4.78, 5) is 15.9. The molecule has 21 heavy (non-hydrogen) atoms. The number of nitrogen functional groups attached to an aromatic ring is 1. The molecule has 1 amide bonds. The number of carbonyl (C=O) groups is 1. The Hall–Kier alpha value is -2.38. The summed E-state index contributed by atoms with van der Waals surface area (Å²) in [5.74, 6) is 4.54. The van der Waals surface area contributed by atoms with Crippen molar-refractivity contribution < 1.29 is 13.9 Å². The summed E-state index contributed by atoms with van der Waals surface area (Å²) in [6, 6.07) is 5.40. The summed E-state index contributed by atoms with van der Waals surface area (Å²) in [7, 11) is 1.34. The molecule has 110 valence electrons. The second-order valence-corrected chi connectivity index (χ2v) is 4.41. The van der Waals surface area contributed by atoms with Crippen LogP contribution < -0.4 is 21.3 Å². The number of nitrogens with two attached hydrogens (primary N) is 1. The lowest BCUT2D eigenvalue weighted by atomic mass is 10.2. The fraction of sp³-hybridized carbons (Fsp3) is 0.0769. The average molecular weight is 311 g/mol. The first-order valence-electron chi connectivity index (χ1n) is 5.82. The zero-order valence-corrected chi connectivity index (χ0v) is 11.7. The van der Waals surface area contributed by atoms with Crippen molar-refractivity contribution in [1.29, 1.82) is 0 Å². The minimum absolute atomic E-state index is 0.0339. The number of halogens is 2. The van der Waals surface area contributed by atoms with Gasteiger partial charge in [0, 0.05) is 18.0 Å². The van der Waals surface area contributed by atoms with Gasteiger partial charge in [-0.05, 0) is 18.2 Å². The molecule has 0 unspecified atom stereocenters. The van der Waals surface area contributed by atoms with Crippen LogP contribution in [-0.4, -0.2) is 18.0 Å². The molecule has 4 N–H and O–H groups in total. The highest BCUT2D eigenvalue weighted by atomic mass is 35.5. The lowest BCUT2D eigenvalue weighted by molar-refractivity contribution is 0.102. The second kappa shape index (κ2) is 6.38. The first-order chi connectivity index (χ1) is 10.0. The van der Waals surface area contributed by atoms with Crippen molar-refractivity contribution in [1.82, 2.24) is 4.98 Å². The van der Waals surface area contributed by atoms with Crippen LogP contribution in [0.2, 0.25) is 5.02 Å². The molecular weight excluding hydrogens is 299 g/mol. The van der Waals surface area contributed by atoms with Crippen molar-refractivity contribution in [2.24, 2.45) is 5.84 Å². The van der Waals surface area contributed by atoms with E-state index >= 15 is 0 Å². The van der Waals surface area contributed by atoms with Crippen LogP contribution in [0.4, 0.5) is 15.9 Å². The minimum Gasteiger partial charge on any atom is -0.494 e. The molecule has 0 fully saturated rings. The van der Waals surface area contributed by atoms with Crippen LogP contribution in [0.5, 0.6) is 5.75 Å². The van der Waals surface area contributed by atoms with Crippen molar-refractivity contribution in [3.63, 3.8) is 0 Å². The summed E-state index contributed by atoms with van der Waals surface area (Å²) in [6.45, 7) is 0. The van der Waals surface area contributed by atoms with Gasteiger partial charge < -0.3 is 15.5 Å². The molecule has 8 heteroatoms. The van der Waals surface area contributed by atoms with Gasteiger partial charge in [-0.3, -0.25) is 4.79 Å². The predicted octanol–water partition coefficient (Wildman–Crippen LogP) is 2.42. The van der Waals surface area contributed by atoms with Crippen LogP contribution >= 0.6 is 11.6 Å².